The molecule has 3 heterocycles. The zero-order chi connectivity index (χ0) is 16.7. The SMILES string of the molecule is Cl.O=C(N[C@@H]1C[C@H]2CC[C@@H]1N2)c1ccc(-c2ccccc2[N+](=O)[O-])o1. The highest BCUT2D eigenvalue weighted by Crippen LogP contribution is 2.31. The molecule has 2 bridgehead atoms. The summed E-state index contributed by atoms with van der Waals surface area (Å²) in [5, 5.41) is 17.6. The van der Waals surface area contributed by atoms with E-state index in [1.807, 2.05) is 0 Å². The fourth-order valence-corrected chi connectivity index (χ4v) is 3.67. The Morgan fingerprint density at radius 3 is 2.72 bits per heavy atom. The average molecular weight is 364 g/mol. The Kier molecular flexibility index (Phi) is 4.78. The molecule has 0 aliphatic carbocycles. The van der Waals surface area contributed by atoms with E-state index in [1.54, 1.807) is 30.3 Å². The molecule has 7 nitrogen and oxygen atoms in total. The molecular weight excluding hydrogens is 346 g/mol. The zero-order valence-electron chi connectivity index (χ0n) is 13.3. The third-order valence-electron chi connectivity index (χ3n) is 4.81. The minimum absolute atomic E-state index is 0. The highest BCUT2D eigenvalue weighted by atomic mass is 35.5. The van der Waals surface area contributed by atoms with E-state index in [4.69, 9.17) is 4.42 Å². The normalized spacial score (nSPS) is 23.9. The number of furan rings is 1. The number of halogens is 1. The second kappa shape index (κ2) is 6.85. The molecule has 2 aliphatic heterocycles. The molecule has 132 valence electrons. The van der Waals surface area contributed by atoms with Gasteiger partial charge in [-0.3, -0.25) is 14.9 Å². The van der Waals surface area contributed by atoms with Gasteiger partial charge in [0.1, 0.15) is 5.76 Å². The van der Waals surface area contributed by atoms with E-state index in [2.05, 4.69) is 10.6 Å². The number of rotatable bonds is 4. The van der Waals surface area contributed by atoms with Crippen molar-refractivity contribution in [1.29, 1.82) is 0 Å². The van der Waals surface area contributed by atoms with Crippen molar-refractivity contribution in [3.8, 4) is 11.3 Å². The summed E-state index contributed by atoms with van der Waals surface area (Å²) in [5.41, 5.74) is 0.319. The summed E-state index contributed by atoms with van der Waals surface area (Å²) in [6, 6.07) is 10.4. The molecule has 0 unspecified atom stereocenters. The number of amides is 1. The van der Waals surface area contributed by atoms with Crippen molar-refractivity contribution in [3.63, 3.8) is 0 Å². The van der Waals surface area contributed by atoms with E-state index in [-0.39, 0.29) is 35.8 Å². The monoisotopic (exact) mass is 363 g/mol. The Morgan fingerprint density at radius 2 is 2.04 bits per heavy atom. The molecule has 3 atom stereocenters. The maximum absolute atomic E-state index is 12.4. The number of nitro groups is 1. The molecular formula is C17H18ClN3O4. The summed E-state index contributed by atoms with van der Waals surface area (Å²) >= 11 is 0. The number of carbonyl (C=O) groups is 1. The second-order valence-corrected chi connectivity index (χ2v) is 6.30. The molecule has 0 spiro atoms. The first-order chi connectivity index (χ1) is 11.6. The van der Waals surface area contributed by atoms with Crippen molar-refractivity contribution < 1.29 is 14.1 Å². The van der Waals surface area contributed by atoms with Gasteiger partial charge in [-0.15, -0.1) is 12.4 Å². The molecule has 0 saturated carbocycles. The number of fused-ring (bicyclic) bond motifs is 2. The largest absolute Gasteiger partial charge is 0.451 e. The van der Waals surface area contributed by atoms with Gasteiger partial charge in [0.15, 0.2) is 5.76 Å². The van der Waals surface area contributed by atoms with Gasteiger partial charge in [-0.05, 0) is 37.5 Å². The summed E-state index contributed by atoms with van der Waals surface area (Å²) < 4.78 is 5.58. The predicted octanol–water partition coefficient (Wildman–Crippen LogP) is 2.90. The molecule has 2 saturated heterocycles. The molecule has 8 heteroatoms. The smallest absolute Gasteiger partial charge is 0.287 e. The number of nitro benzene ring substituents is 1. The zero-order valence-corrected chi connectivity index (χ0v) is 14.1. The Morgan fingerprint density at radius 1 is 1.24 bits per heavy atom. The van der Waals surface area contributed by atoms with Crippen LogP contribution < -0.4 is 10.6 Å². The van der Waals surface area contributed by atoms with E-state index >= 15 is 0 Å². The number of nitrogens with zero attached hydrogens (tertiary/aromatic N) is 1. The van der Waals surface area contributed by atoms with Gasteiger partial charge in [-0.2, -0.15) is 0 Å². The number of para-hydroxylation sites is 1. The quantitative estimate of drug-likeness (QED) is 0.643. The first-order valence-corrected chi connectivity index (χ1v) is 8.02. The van der Waals surface area contributed by atoms with Gasteiger partial charge in [0, 0.05) is 24.2 Å². The first kappa shape index (κ1) is 17.4. The minimum atomic E-state index is -0.460. The van der Waals surface area contributed by atoms with Crippen LogP contribution in [-0.4, -0.2) is 29.0 Å². The van der Waals surface area contributed by atoms with Gasteiger partial charge in [0.2, 0.25) is 0 Å². The molecule has 2 fully saturated rings. The lowest BCUT2D eigenvalue weighted by molar-refractivity contribution is -0.384. The summed E-state index contributed by atoms with van der Waals surface area (Å²) in [5.74, 6) is 0.212. The third-order valence-corrected chi connectivity index (χ3v) is 4.81. The minimum Gasteiger partial charge on any atom is -0.451 e. The van der Waals surface area contributed by atoms with Gasteiger partial charge >= 0.3 is 0 Å². The first-order valence-electron chi connectivity index (χ1n) is 8.02. The number of carbonyl (C=O) groups excluding carboxylic acids is 1. The van der Waals surface area contributed by atoms with Crippen LogP contribution >= 0.6 is 12.4 Å². The molecule has 2 aliphatic rings. The summed E-state index contributed by atoms with van der Waals surface area (Å²) in [6.45, 7) is 0. The molecule has 1 aromatic carbocycles. The van der Waals surface area contributed by atoms with E-state index in [0.29, 0.717) is 23.4 Å². The second-order valence-electron chi connectivity index (χ2n) is 6.30. The number of benzene rings is 1. The molecule has 1 amide bonds. The van der Waals surface area contributed by atoms with Crippen LogP contribution in [0.1, 0.15) is 29.8 Å². The fraction of sp³-hybridized carbons (Fsp3) is 0.353. The average Bonchev–Trinajstić information content (AvgIpc) is 3.31. The topological polar surface area (TPSA) is 97.4 Å². The highest BCUT2D eigenvalue weighted by molar-refractivity contribution is 5.92. The van der Waals surface area contributed by atoms with E-state index < -0.39 is 4.92 Å². The fourth-order valence-electron chi connectivity index (χ4n) is 3.67. The molecule has 25 heavy (non-hydrogen) atoms. The van der Waals surface area contributed by atoms with Crippen LogP contribution in [0.15, 0.2) is 40.8 Å². The summed E-state index contributed by atoms with van der Waals surface area (Å²) in [7, 11) is 0. The van der Waals surface area contributed by atoms with Crippen molar-refractivity contribution in [3.05, 3.63) is 52.3 Å². The van der Waals surface area contributed by atoms with Crippen molar-refractivity contribution in [2.24, 2.45) is 0 Å². The third kappa shape index (κ3) is 3.25. The standard InChI is InChI=1S/C17H17N3O4.ClH/c21-17(19-13-9-10-5-6-12(13)18-10)16-8-7-15(24-16)11-3-1-2-4-14(11)20(22)23;/h1-4,7-8,10,12-13,18H,5-6,9H2,(H,19,21);1H/t10-,12+,13-;/m1./s1. The lowest BCUT2D eigenvalue weighted by Crippen LogP contribution is -2.42. The maximum Gasteiger partial charge on any atom is 0.287 e. The molecule has 4 rings (SSSR count). The van der Waals surface area contributed by atoms with E-state index in [0.717, 1.165) is 12.8 Å². The molecule has 1 aromatic heterocycles. The lowest BCUT2D eigenvalue weighted by atomic mass is 9.95. The van der Waals surface area contributed by atoms with E-state index in [1.165, 1.54) is 12.5 Å². The summed E-state index contributed by atoms with van der Waals surface area (Å²) in [6.07, 6.45) is 3.18. The van der Waals surface area contributed by atoms with Gasteiger partial charge in [0.05, 0.1) is 10.5 Å². The van der Waals surface area contributed by atoms with Crippen LogP contribution in [-0.2, 0) is 0 Å². The Balaban J connectivity index is 0.00000182. The van der Waals surface area contributed by atoms with Gasteiger partial charge in [-0.25, -0.2) is 0 Å². The van der Waals surface area contributed by atoms with Gasteiger partial charge < -0.3 is 15.1 Å². The molecule has 2 N–H and O–H groups in total. The van der Waals surface area contributed by atoms with Crippen molar-refractivity contribution in [2.45, 2.75) is 37.4 Å². The summed E-state index contributed by atoms with van der Waals surface area (Å²) in [4.78, 5) is 23.0. The van der Waals surface area contributed by atoms with Gasteiger partial charge in [-0.1, -0.05) is 12.1 Å². The van der Waals surface area contributed by atoms with Gasteiger partial charge in [0.25, 0.3) is 11.6 Å². The Bertz CT molecular complexity index is 807. The van der Waals surface area contributed by atoms with Crippen LogP contribution in [0.5, 0.6) is 0 Å². The Hall–Kier alpha value is -2.38. The lowest BCUT2D eigenvalue weighted by Gasteiger charge is -2.20. The number of nitrogens with one attached hydrogen (secondary N) is 2. The highest BCUT2D eigenvalue weighted by Gasteiger charge is 2.40. The Labute approximate surface area is 150 Å². The maximum atomic E-state index is 12.4. The molecule has 0 radical (unpaired) electrons. The molecule has 2 aromatic rings. The predicted molar refractivity (Wildman–Crippen MR) is 93.9 cm³/mol. The van der Waals surface area contributed by atoms with Crippen LogP contribution in [0.25, 0.3) is 11.3 Å². The van der Waals surface area contributed by atoms with Crippen LogP contribution in [0.4, 0.5) is 5.69 Å². The number of hydrogen-bond donors (Lipinski definition) is 2. The van der Waals surface area contributed by atoms with E-state index in [9.17, 15) is 14.9 Å². The van der Waals surface area contributed by atoms with Crippen LogP contribution in [0.2, 0.25) is 0 Å². The van der Waals surface area contributed by atoms with Crippen LogP contribution in [0, 0.1) is 10.1 Å². The number of hydrogen-bond acceptors (Lipinski definition) is 5. The van der Waals surface area contributed by atoms with Crippen LogP contribution in [0.3, 0.4) is 0 Å². The van der Waals surface area contributed by atoms with Crippen molar-refractivity contribution in [2.75, 3.05) is 0 Å². The van der Waals surface area contributed by atoms with Crippen molar-refractivity contribution >= 4 is 24.0 Å². The van der Waals surface area contributed by atoms with Crippen molar-refractivity contribution in [1.82, 2.24) is 10.6 Å².